The number of halogens is 1. The molecule has 0 saturated heterocycles. The summed E-state index contributed by atoms with van der Waals surface area (Å²) in [7, 11) is 0. The van der Waals surface area contributed by atoms with Crippen LogP contribution >= 0.6 is 0 Å². The molecule has 0 spiro atoms. The van der Waals surface area contributed by atoms with Crippen LogP contribution in [0.15, 0.2) is 40.4 Å². The average Bonchev–Trinajstić information content (AvgIpc) is 2.24. The van der Waals surface area contributed by atoms with Crippen molar-refractivity contribution in [2.45, 2.75) is 6.54 Å². The van der Waals surface area contributed by atoms with Gasteiger partial charge in [0.25, 0.3) is 5.56 Å². The van der Waals surface area contributed by atoms with Gasteiger partial charge >= 0.3 is 5.69 Å². The minimum atomic E-state index is -0.642. The van der Waals surface area contributed by atoms with Gasteiger partial charge in [0.15, 0.2) is 0 Å². The van der Waals surface area contributed by atoms with E-state index < -0.39 is 17.1 Å². The maximum atomic E-state index is 13.4. The lowest BCUT2D eigenvalue weighted by atomic mass is 10.2. The first-order valence-corrected chi connectivity index (χ1v) is 4.67. The molecule has 0 atom stereocenters. The quantitative estimate of drug-likeness (QED) is 0.768. The standard InChI is InChI=1S/C11H9FN2O2/c1-2-6-14-10(15)9-7(12)4-3-5-8(9)13-11(14)16/h2-5H,1,6H2,(H,13,16). The van der Waals surface area contributed by atoms with Crippen LogP contribution in [0.1, 0.15) is 0 Å². The Morgan fingerprint density at radius 1 is 1.44 bits per heavy atom. The minimum Gasteiger partial charge on any atom is -0.307 e. The Hall–Kier alpha value is -2.17. The first kappa shape index (κ1) is 10.4. The van der Waals surface area contributed by atoms with E-state index in [0.717, 1.165) is 4.57 Å². The molecule has 0 radical (unpaired) electrons. The Balaban J connectivity index is 2.97. The van der Waals surface area contributed by atoms with Gasteiger partial charge < -0.3 is 4.98 Å². The highest BCUT2D eigenvalue weighted by molar-refractivity contribution is 5.77. The number of aromatic nitrogens is 2. The number of aromatic amines is 1. The number of nitrogens with zero attached hydrogens (tertiary/aromatic N) is 1. The van der Waals surface area contributed by atoms with E-state index in [1.165, 1.54) is 24.3 Å². The Kier molecular flexibility index (Phi) is 2.44. The summed E-state index contributed by atoms with van der Waals surface area (Å²) < 4.78 is 14.3. The normalized spacial score (nSPS) is 10.6. The van der Waals surface area contributed by atoms with Gasteiger partial charge in [-0.3, -0.25) is 9.36 Å². The minimum absolute atomic E-state index is 0.0540. The lowest BCUT2D eigenvalue weighted by molar-refractivity contribution is 0.633. The molecular weight excluding hydrogens is 211 g/mol. The molecule has 16 heavy (non-hydrogen) atoms. The highest BCUT2D eigenvalue weighted by Gasteiger charge is 2.09. The molecule has 1 aromatic heterocycles. The van der Waals surface area contributed by atoms with Gasteiger partial charge in [0.1, 0.15) is 5.82 Å². The van der Waals surface area contributed by atoms with Crippen molar-refractivity contribution < 1.29 is 4.39 Å². The Bertz CT molecular complexity index is 670. The van der Waals surface area contributed by atoms with Crippen molar-refractivity contribution in [1.82, 2.24) is 9.55 Å². The molecule has 0 aliphatic rings. The van der Waals surface area contributed by atoms with E-state index in [1.54, 1.807) is 0 Å². The molecule has 1 N–H and O–H groups in total. The van der Waals surface area contributed by atoms with Gasteiger partial charge in [-0.1, -0.05) is 12.1 Å². The van der Waals surface area contributed by atoms with Crippen LogP contribution < -0.4 is 11.2 Å². The average molecular weight is 220 g/mol. The molecule has 2 rings (SSSR count). The molecule has 1 heterocycles. The van der Waals surface area contributed by atoms with Crippen LogP contribution in [0.4, 0.5) is 4.39 Å². The van der Waals surface area contributed by atoms with Gasteiger partial charge in [-0.2, -0.15) is 0 Å². The molecule has 0 saturated carbocycles. The molecule has 0 amide bonds. The molecule has 4 nitrogen and oxygen atoms in total. The SMILES string of the molecule is C=CCn1c(=O)[nH]c2cccc(F)c2c1=O. The van der Waals surface area contributed by atoms with Gasteiger partial charge in [0, 0.05) is 6.54 Å². The van der Waals surface area contributed by atoms with Gasteiger partial charge in [0.05, 0.1) is 10.9 Å². The largest absolute Gasteiger partial charge is 0.329 e. The summed E-state index contributed by atoms with van der Waals surface area (Å²) in [6.45, 7) is 3.49. The van der Waals surface area contributed by atoms with Crippen molar-refractivity contribution in [2.24, 2.45) is 0 Å². The number of hydrogen-bond donors (Lipinski definition) is 1. The summed E-state index contributed by atoms with van der Waals surface area (Å²) >= 11 is 0. The smallest absolute Gasteiger partial charge is 0.307 e. The van der Waals surface area contributed by atoms with Crippen LogP contribution in [0.5, 0.6) is 0 Å². The third-order valence-electron chi connectivity index (χ3n) is 2.27. The van der Waals surface area contributed by atoms with E-state index in [2.05, 4.69) is 11.6 Å². The zero-order valence-corrected chi connectivity index (χ0v) is 8.37. The maximum absolute atomic E-state index is 13.4. The first-order chi connectivity index (χ1) is 7.65. The molecule has 0 bridgehead atoms. The van der Waals surface area contributed by atoms with E-state index in [9.17, 15) is 14.0 Å². The molecular formula is C11H9FN2O2. The molecule has 5 heteroatoms. The highest BCUT2D eigenvalue weighted by Crippen LogP contribution is 2.09. The van der Waals surface area contributed by atoms with Crippen molar-refractivity contribution >= 4 is 10.9 Å². The van der Waals surface area contributed by atoms with E-state index in [-0.39, 0.29) is 17.4 Å². The van der Waals surface area contributed by atoms with Crippen molar-refractivity contribution in [3.05, 3.63) is 57.5 Å². The van der Waals surface area contributed by atoms with Crippen LogP contribution in [-0.4, -0.2) is 9.55 Å². The number of allylic oxidation sites excluding steroid dienone is 1. The molecule has 1 aromatic carbocycles. The fourth-order valence-corrected chi connectivity index (χ4v) is 1.55. The van der Waals surface area contributed by atoms with Gasteiger partial charge in [-0.15, -0.1) is 6.58 Å². The fourth-order valence-electron chi connectivity index (χ4n) is 1.55. The molecule has 82 valence electrons. The Morgan fingerprint density at radius 3 is 2.88 bits per heavy atom. The second-order valence-corrected chi connectivity index (χ2v) is 3.30. The second-order valence-electron chi connectivity index (χ2n) is 3.30. The molecule has 0 aliphatic heterocycles. The monoisotopic (exact) mass is 220 g/mol. The molecule has 0 aliphatic carbocycles. The predicted octanol–water partition coefficient (Wildman–Crippen LogP) is 1.01. The first-order valence-electron chi connectivity index (χ1n) is 4.67. The summed E-state index contributed by atoms with van der Waals surface area (Å²) in [4.78, 5) is 25.8. The van der Waals surface area contributed by atoms with Gasteiger partial charge in [0.2, 0.25) is 0 Å². The second kappa shape index (κ2) is 3.77. The number of fused-ring (bicyclic) bond motifs is 1. The Morgan fingerprint density at radius 2 is 2.19 bits per heavy atom. The van der Waals surface area contributed by atoms with E-state index >= 15 is 0 Å². The zero-order chi connectivity index (χ0) is 11.7. The summed E-state index contributed by atoms with van der Waals surface area (Å²) in [5, 5.41) is -0.107. The summed E-state index contributed by atoms with van der Waals surface area (Å²) in [5.41, 5.74) is -1.00. The molecule has 0 unspecified atom stereocenters. The van der Waals surface area contributed by atoms with Crippen LogP contribution in [0.3, 0.4) is 0 Å². The van der Waals surface area contributed by atoms with E-state index in [0.29, 0.717) is 0 Å². The molecule has 2 aromatic rings. The van der Waals surface area contributed by atoms with Gasteiger partial charge in [-0.25, -0.2) is 9.18 Å². The van der Waals surface area contributed by atoms with Crippen molar-refractivity contribution in [3.63, 3.8) is 0 Å². The van der Waals surface area contributed by atoms with Crippen LogP contribution in [0.25, 0.3) is 10.9 Å². The van der Waals surface area contributed by atoms with Crippen LogP contribution in [-0.2, 0) is 6.54 Å². The predicted molar refractivity (Wildman–Crippen MR) is 59.0 cm³/mol. The third-order valence-corrected chi connectivity index (χ3v) is 2.27. The summed E-state index contributed by atoms with van der Waals surface area (Å²) in [5.74, 6) is -0.642. The highest BCUT2D eigenvalue weighted by atomic mass is 19.1. The van der Waals surface area contributed by atoms with E-state index in [1.807, 2.05) is 0 Å². The summed E-state index contributed by atoms with van der Waals surface area (Å²) in [6.07, 6.45) is 1.41. The Labute approximate surface area is 89.7 Å². The number of benzene rings is 1. The topological polar surface area (TPSA) is 54.9 Å². The zero-order valence-electron chi connectivity index (χ0n) is 8.37. The number of nitrogens with one attached hydrogen (secondary N) is 1. The molecule has 0 fully saturated rings. The maximum Gasteiger partial charge on any atom is 0.329 e. The summed E-state index contributed by atoms with van der Waals surface area (Å²) in [6, 6.07) is 4.10. The van der Waals surface area contributed by atoms with Gasteiger partial charge in [-0.05, 0) is 12.1 Å². The van der Waals surface area contributed by atoms with Crippen LogP contribution in [0, 0.1) is 5.82 Å². The lowest BCUT2D eigenvalue weighted by Crippen LogP contribution is -2.34. The third kappa shape index (κ3) is 1.46. The van der Waals surface area contributed by atoms with Crippen LogP contribution in [0.2, 0.25) is 0 Å². The van der Waals surface area contributed by atoms with Crippen molar-refractivity contribution in [3.8, 4) is 0 Å². The number of rotatable bonds is 2. The van der Waals surface area contributed by atoms with Crippen molar-refractivity contribution in [2.75, 3.05) is 0 Å². The lowest BCUT2D eigenvalue weighted by Gasteiger charge is -2.03. The van der Waals surface area contributed by atoms with E-state index in [4.69, 9.17) is 0 Å². The number of H-pyrrole nitrogens is 1. The number of hydrogen-bond acceptors (Lipinski definition) is 2. The van der Waals surface area contributed by atoms with Crippen molar-refractivity contribution in [1.29, 1.82) is 0 Å². The fraction of sp³-hybridized carbons (Fsp3) is 0.0909.